The van der Waals surface area contributed by atoms with Crippen molar-refractivity contribution in [3.63, 3.8) is 0 Å². The minimum Gasteiger partial charge on any atom is -0.497 e. The molecule has 0 radical (unpaired) electrons. The lowest BCUT2D eigenvalue weighted by atomic mass is 10.0. The molecule has 132 valence electrons. The summed E-state index contributed by atoms with van der Waals surface area (Å²) in [7, 11) is 3.27. The van der Waals surface area contributed by atoms with Crippen LogP contribution in [0.1, 0.15) is 23.2 Å². The van der Waals surface area contributed by atoms with E-state index in [2.05, 4.69) is 10.3 Å². The van der Waals surface area contributed by atoms with Crippen molar-refractivity contribution in [3.8, 4) is 11.5 Å². The van der Waals surface area contributed by atoms with E-state index in [0.717, 1.165) is 36.6 Å². The summed E-state index contributed by atoms with van der Waals surface area (Å²) in [6.07, 6.45) is 5.28. The van der Waals surface area contributed by atoms with Gasteiger partial charge in [0.15, 0.2) is 0 Å². The lowest BCUT2D eigenvalue weighted by molar-refractivity contribution is 0.0714. The van der Waals surface area contributed by atoms with Crippen molar-refractivity contribution in [1.82, 2.24) is 9.88 Å². The van der Waals surface area contributed by atoms with E-state index in [4.69, 9.17) is 9.47 Å². The SMILES string of the molecule is COc1cc(NC2CCCN(C(=O)c3ccncc3)C2)cc(OC)c1. The number of benzene rings is 1. The van der Waals surface area contributed by atoms with Gasteiger partial charge in [-0.2, -0.15) is 0 Å². The van der Waals surface area contributed by atoms with Crippen LogP contribution in [0.4, 0.5) is 5.69 Å². The molecule has 1 saturated heterocycles. The third-order valence-electron chi connectivity index (χ3n) is 4.36. The van der Waals surface area contributed by atoms with Crippen molar-refractivity contribution in [3.05, 3.63) is 48.3 Å². The smallest absolute Gasteiger partial charge is 0.254 e. The summed E-state index contributed by atoms with van der Waals surface area (Å²) in [5, 5.41) is 3.50. The lowest BCUT2D eigenvalue weighted by Crippen LogP contribution is -2.45. The van der Waals surface area contributed by atoms with Gasteiger partial charge in [-0.05, 0) is 25.0 Å². The predicted molar refractivity (Wildman–Crippen MR) is 96.3 cm³/mol. The minimum atomic E-state index is 0.0529. The maximum atomic E-state index is 12.6. The Kier molecular flexibility index (Phi) is 5.38. The first-order valence-corrected chi connectivity index (χ1v) is 8.38. The van der Waals surface area contributed by atoms with Gasteiger partial charge in [0.1, 0.15) is 11.5 Å². The van der Waals surface area contributed by atoms with Gasteiger partial charge >= 0.3 is 0 Å². The summed E-state index contributed by atoms with van der Waals surface area (Å²) in [5.41, 5.74) is 1.61. The number of carbonyl (C=O) groups excluding carboxylic acids is 1. The maximum absolute atomic E-state index is 12.6. The molecular formula is C19H23N3O3. The van der Waals surface area contributed by atoms with E-state index in [-0.39, 0.29) is 11.9 Å². The Bertz CT molecular complexity index is 699. The van der Waals surface area contributed by atoms with Gasteiger partial charge in [0.2, 0.25) is 0 Å². The number of piperidine rings is 1. The van der Waals surface area contributed by atoms with E-state index in [1.807, 2.05) is 23.1 Å². The quantitative estimate of drug-likeness (QED) is 0.906. The molecule has 1 N–H and O–H groups in total. The summed E-state index contributed by atoms with van der Waals surface area (Å²) in [5.74, 6) is 1.53. The van der Waals surface area contributed by atoms with Gasteiger partial charge in [-0.1, -0.05) is 0 Å². The Morgan fingerprint density at radius 2 is 1.84 bits per heavy atom. The van der Waals surface area contributed by atoms with Crippen LogP contribution in [0.5, 0.6) is 11.5 Å². The number of likely N-dealkylation sites (tertiary alicyclic amines) is 1. The molecule has 1 aromatic heterocycles. The van der Waals surface area contributed by atoms with Gasteiger partial charge in [0, 0.05) is 61.0 Å². The molecule has 1 unspecified atom stereocenters. The fraction of sp³-hybridized carbons (Fsp3) is 0.368. The average Bonchev–Trinajstić information content (AvgIpc) is 2.68. The topological polar surface area (TPSA) is 63.7 Å². The monoisotopic (exact) mass is 341 g/mol. The summed E-state index contributed by atoms with van der Waals surface area (Å²) in [6, 6.07) is 9.42. The maximum Gasteiger partial charge on any atom is 0.254 e. The molecule has 0 aliphatic carbocycles. The van der Waals surface area contributed by atoms with Gasteiger partial charge in [0.05, 0.1) is 14.2 Å². The lowest BCUT2D eigenvalue weighted by Gasteiger charge is -2.34. The van der Waals surface area contributed by atoms with Crippen molar-refractivity contribution < 1.29 is 14.3 Å². The highest BCUT2D eigenvalue weighted by molar-refractivity contribution is 5.94. The van der Waals surface area contributed by atoms with E-state index in [0.29, 0.717) is 12.1 Å². The van der Waals surface area contributed by atoms with Crippen LogP contribution in [0.15, 0.2) is 42.7 Å². The molecule has 2 heterocycles. The van der Waals surface area contributed by atoms with Crippen molar-refractivity contribution in [2.24, 2.45) is 0 Å². The third kappa shape index (κ3) is 4.21. The molecule has 2 aromatic rings. The zero-order valence-electron chi connectivity index (χ0n) is 14.6. The minimum absolute atomic E-state index is 0.0529. The largest absolute Gasteiger partial charge is 0.497 e. The first kappa shape index (κ1) is 17.1. The zero-order valence-corrected chi connectivity index (χ0v) is 14.6. The van der Waals surface area contributed by atoms with E-state index >= 15 is 0 Å². The van der Waals surface area contributed by atoms with Crippen LogP contribution in [0.3, 0.4) is 0 Å². The molecule has 6 heteroatoms. The highest BCUT2D eigenvalue weighted by Crippen LogP contribution is 2.27. The molecular weight excluding hydrogens is 318 g/mol. The summed E-state index contributed by atoms with van der Waals surface area (Å²) in [6.45, 7) is 1.45. The number of ether oxygens (including phenoxy) is 2. The Labute approximate surface area is 147 Å². The Balaban J connectivity index is 1.69. The van der Waals surface area contributed by atoms with Crippen LogP contribution in [0.25, 0.3) is 0 Å². The van der Waals surface area contributed by atoms with Gasteiger partial charge in [-0.25, -0.2) is 0 Å². The van der Waals surface area contributed by atoms with Gasteiger partial charge in [-0.15, -0.1) is 0 Å². The number of hydrogen-bond donors (Lipinski definition) is 1. The molecule has 0 bridgehead atoms. The fourth-order valence-corrected chi connectivity index (χ4v) is 3.08. The highest BCUT2D eigenvalue weighted by atomic mass is 16.5. The summed E-state index contributed by atoms with van der Waals surface area (Å²) < 4.78 is 10.6. The zero-order chi connectivity index (χ0) is 17.6. The second-order valence-electron chi connectivity index (χ2n) is 6.07. The molecule has 1 aliphatic rings. The molecule has 6 nitrogen and oxygen atoms in total. The van der Waals surface area contributed by atoms with Crippen LogP contribution in [0, 0.1) is 0 Å². The molecule has 0 spiro atoms. The van der Waals surface area contributed by atoms with Crippen LogP contribution in [-0.2, 0) is 0 Å². The standard InChI is InChI=1S/C19H23N3O3/c1-24-17-10-16(11-18(12-17)25-2)21-15-4-3-9-22(13-15)19(23)14-5-7-20-8-6-14/h5-8,10-12,15,21H,3-4,9,13H2,1-2H3. The number of nitrogens with zero attached hydrogens (tertiary/aromatic N) is 2. The molecule has 1 aliphatic heterocycles. The highest BCUT2D eigenvalue weighted by Gasteiger charge is 2.24. The van der Waals surface area contributed by atoms with Crippen molar-refractivity contribution in [2.75, 3.05) is 32.6 Å². The molecule has 1 fully saturated rings. The molecule has 1 amide bonds. The second-order valence-corrected chi connectivity index (χ2v) is 6.07. The van der Waals surface area contributed by atoms with Crippen LogP contribution in [0.2, 0.25) is 0 Å². The molecule has 1 atom stereocenters. The number of carbonyl (C=O) groups is 1. The predicted octanol–water partition coefficient (Wildman–Crippen LogP) is 2.82. The Hall–Kier alpha value is -2.76. The number of anilines is 1. The third-order valence-corrected chi connectivity index (χ3v) is 4.36. The molecule has 25 heavy (non-hydrogen) atoms. The van der Waals surface area contributed by atoms with Gasteiger partial charge < -0.3 is 19.7 Å². The normalized spacial score (nSPS) is 17.0. The van der Waals surface area contributed by atoms with E-state index in [1.54, 1.807) is 38.7 Å². The number of pyridine rings is 1. The van der Waals surface area contributed by atoms with Crippen molar-refractivity contribution >= 4 is 11.6 Å². The number of hydrogen-bond acceptors (Lipinski definition) is 5. The number of aromatic nitrogens is 1. The van der Waals surface area contributed by atoms with Gasteiger partial charge in [0.25, 0.3) is 5.91 Å². The number of amides is 1. The van der Waals surface area contributed by atoms with E-state index in [1.165, 1.54) is 0 Å². The first-order valence-electron chi connectivity index (χ1n) is 8.38. The van der Waals surface area contributed by atoms with Crippen LogP contribution in [-0.4, -0.2) is 49.1 Å². The Morgan fingerprint density at radius 3 is 2.48 bits per heavy atom. The van der Waals surface area contributed by atoms with E-state index < -0.39 is 0 Å². The number of methoxy groups -OCH3 is 2. The summed E-state index contributed by atoms with van der Waals surface area (Å²) >= 11 is 0. The van der Waals surface area contributed by atoms with Crippen LogP contribution >= 0.6 is 0 Å². The number of nitrogens with one attached hydrogen (secondary N) is 1. The van der Waals surface area contributed by atoms with Gasteiger partial charge in [-0.3, -0.25) is 9.78 Å². The molecule has 3 rings (SSSR count). The average molecular weight is 341 g/mol. The van der Waals surface area contributed by atoms with Crippen molar-refractivity contribution in [2.45, 2.75) is 18.9 Å². The van der Waals surface area contributed by atoms with E-state index in [9.17, 15) is 4.79 Å². The van der Waals surface area contributed by atoms with Crippen molar-refractivity contribution in [1.29, 1.82) is 0 Å². The second kappa shape index (κ2) is 7.88. The Morgan fingerprint density at radius 1 is 1.16 bits per heavy atom. The van der Waals surface area contributed by atoms with Crippen LogP contribution < -0.4 is 14.8 Å². The number of rotatable bonds is 5. The fourth-order valence-electron chi connectivity index (χ4n) is 3.08. The molecule has 1 aromatic carbocycles. The molecule has 0 saturated carbocycles. The summed E-state index contributed by atoms with van der Waals surface area (Å²) in [4.78, 5) is 18.5. The first-order chi connectivity index (χ1) is 12.2.